The van der Waals surface area contributed by atoms with Gasteiger partial charge in [-0.1, -0.05) is 0 Å². The normalized spacial score (nSPS) is 16.7. The summed E-state index contributed by atoms with van der Waals surface area (Å²) in [4.78, 5) is 28.2. The van der Waals surface area contributed by atoms with Gasteiger partial charge in [-0.15, -0.1) is 0 Å². The summed E-state index contributed by atoms with van der Waals surface area (Å²) in [6.45, 7) is 0.131. The molecule has 1 heterocycles. The van der Waals surface area contributed by atoms with Crippen LogP contribution >= 0.6 is 11.8 Å². The minimum Gasteiger partial charge on any atom is -0.489 e. The summed E-state index contributed by atoms with van der Waals surface area (Å²) >= 11 is 1.57. The quantitative estimate of drug-likeness (QED) is 0.590. The van der Waals surface area contributed by atoms with Crippen LogP contribution in [0, 0.1) is 5.92 Å². The molecule has 0 unspecified atom stereocenters. The third-order valence-electron chi connectivity index (χ3n) is 4.13. The van der Waals surface area contributed by atoms with Crippen LogP contribution in [0.5, 0.6) is 5.75 Å². The molecule has 150 valence electrons. The summed E-state index contributed by atoms with van der Waals surface area (Å²) in [5.41, 5.74) is 0. The van der Waals surface area contributed by atoms with Crippen LogP contribution in [-0.4, -0.2) is 54.5 Å². The first kappa shape index (κ1) is 21.2. The van der Waals surface area contributed by atoms with Crippen LogP contribution in [-0.2, 0) is 4.79 Å². The number of carbonyl (C=O) groups excluding carboxylic acids is 2. The lowest BCUT2D eigenvalue weighted by atomic mass is 9.82. The largest absolute Gasteiger partial charge is 0.489 e. The van der Waals surface area contributed by atoms with Gasteiger partial charge < -0.3 is 15.4 Å². The molecule has 3 amide bonds. The Hall–Kier alpha value is -2.10. The number of urea groups is 1. The summed E-state index contributed by atoms with van der Waals surface area (Å²) in [6.07, 6.45) is 3.48. The molecule has 1 fully saturated rings. The highest BCUT2D eigenvalue weighted by Crippen LogP contribution is 2.42. The van der Waals surface area contributed by atoms with Crippen LogP contribution < -0.4 is 20.7 Å². The maximum Gasteiger partial charge on any atom is 0.321 e. The number of nitrogens with zero attached hydrogens (tertiary/aromatic N) is 1. The van der Waals surface area contributed by atoms with Gasteiger partial charge in [-0.25, -0.2) is 18.6 Å². The number of nitrogens with one attached hydrogen (secondary N) is 3. The number of halogens is 2. The molecular weight excluding hydrogens is 378 g/mol. The molecule has 0 bridgehead atoms. The molecular formula is C17H24F2N4O3S. The fourth-order valence-electron chi connectivity index (χ4n) is 2.69. The number of thioether (sulfide) groups is 1. The van der Waals surface area contributed by atoms with Crippen molar-refractivity contribution in [3.8, 4) is 5.75 Å². The first-order valence-electron chi connectivity index (χ1n) is 8.58. The Kier molecular flexibility index (Phi) is 7.64. The van der Waals surface area contributed by atoms with Crippen LogP contribution in [0.4, 0.5) is 19.4 Å². The van der Waals surface area contributed by atoms with E-state index < -0.39 is 18.0 Å². The van der Waals surface area contributed by atoms with E-state index in [1.807, 2.05) is 6.26 Å². The number of pyridine rings is 1. The summed E-state index contributed by atoms with van der Waals surface area (Å²) in [5.74, 6) is -1.93. The molecule has 0 aromatic carbocycles. The summed E-state index contributed by atoms with van der Waals surface area (Å²) in [6, 6.07) is 1.96. The number of hydrogen-bond donors (Lipinski definition) is 3. The average Bonchev–Trinajstić information content (AvgIpc) is 2.61. The molecule has 0 aliphatic heterocycles. The van der Waals surface area contributed by atoms with Crippen molar-refractivity contribution < 1.29 is 23.1 Å². The number of aromatic nitrogens is 1. The van der Waals surface area contributed by atoms with E-state index in [9.17, 15) is 18.4 Å². The summed E-state index contributed by atoms with van der Waals surface area (Å²) in [5, 5.41) is 7.67. The van der Waals surface area contributed by atoms with E-state index >= 15 is 0 Å². The molecule has 3 N–H and O–H groups in total. The number of rotatable bonds is 9. The average molecular weight is 402 g/mol. The Bertz CT molecular complexity index is 655. The molecule has 0 spiro atoms. The van der Waals surface area contributed by atoms with Gasteiger partial charge in [0.1, 0.15) is 6.04 Å². The molecule has 0 saturated heterocycles. The maximum absolute atomic E-state index is 12.9. The fraction of sp³-hybridized carbons (Fsp3) is 0.588. The van der Waals surface area contributed by atoms with Crippen LogP contribution in [0.25, 0.3) is 0 Å². The molecule has 1 atom stereocenters. The van der Waals surface area contributed by atoms with Crippen molar-refractivity contribution in [3.63, 3.8) is 0 Å². The van der Waals surface area contributed by atoms with Gasteiger partial charge in [-0.3, -0.25) is 10.1 Å². The monoisotopic (exact) mass is 402 g/mol. The SMILES string of the molecule is CNC(=O)[C@H](CCSC)NC(=O)Nc1ncccc1OCC1CC(F)(F)C1. The van der Waals surface area contributed by atoms with Crippen molar-refractivity contribution in [2.45, 2.75) is 31.2 Å². The standard InChI is InChI=1S/C17H24F2N4O3S/c1-20-15(24)12(5-7-27-2)22-16(25)23-14-13(4-3-6-21-14)26-10-11-8-17(18,19)9-11/h3-4,6,11-12H,5,7-10H2,1-2H3,(H,20,24)(H2,21,22,23,25)/t12-/m0/s1. The van der Waals surface area contributed by atoms with Crippen LogP contribution in [0.1, 0.15) is 19.3 Å². The zero-order valence-electron chi connectivity index (χ0n) is 15.3. The zero-order valence-corrected chi connectivity index (χ0v) is 16.1. The van der Waals surface area contributed by atoms with Gasteiger partial charge in [0.2, 0.25) is 11.8 Å². The Morgan fingerprint density at radius 2 is 2.19 bits per heavy atom. The molecule has 1 aliphatic rings. The van der Waals surface area contributed by atoms with Gasteiger partial charge in [-0.2, -0.15) is 11.8 Å². The molecule has 2 rings (SSSR count). The molecule has 1 aromatic heterocycles. The number of anilines is 1. The van der Waals surface area contributed by atoms with Gasteiger partial charge in [0.15, 0.2) is 11.6 Å². The van der Waals surface area contributed by atoms with Crippen LogP contribution in [0.2, 0.25) is 0 Å². The van der Waals surface area contributed by atoms with Crippen LogP contribution in [0.3, 0.4) is 0 Å². The van der Waals surface area contributed by atoms with Crippen molar-refractivity contribution in [3.05, 3.63) is 18.3 Å². The number of amides is 3. The lowest BCUT2D eigenvalue weighted by molar-refractivity contribution is -0.122. The van der Waals surface area contributed by atoms with Crippen molar-refractivity contribution in [2.24, 2.45) is 5.92 Å². The van der Waals surface area contributed by atoms with E-state index in [1.165, 1.54) is 13.2 Å². The van der Waals surface area contributed by atoms with E-state index in [1.54, 1.807) is 23.9 Å². The molecule has 0 radical (unpaired) electrons. The number of carbonyl (C=O) groups is 2. The topological polar surface area (TPSA) is 92.4 Å². The van der Waals surface area contributed by atoms with Gasteiger partial charge in [-0.05, 0) is 30.6 Å². The molecule has 1 saturated carbocycles. The predicted molar refractivity (Wildman–Crippen MR) is 100 cm³/mol. The fourth-order valence-corrected chi connectivity index (χ4v) is 3.16. The first-order chi connectivity index (χ1) is 12.8. The highest BCUT2D eigenvalue weighted by Gasteiger charge is 2.45. The Morgan fingerprint density at radius 3 is 2.81 bits per heavy atom. The lowest BCUT2D eigenvalue weighted by Gasteiger charge is -2.34. The Morgan fingerprint density at radius 1 is 1.44 bits per heavy atom. The van der Waals surface area contributed by atoms with Crippen LogP contribution in [0.15, 0.2) is 18.3 Å². The van der Waals surface area contributed by atoms with E-state index in [0.717, 1.165) is 0 Å². The lowest BCUT2D eigenvalue weighted by Crippen LogP contribution is -2.47. The van der Waals surface area contributed by atoms with Gasteiger partial charge in [0.25, 0.3) is 0 Å². The molecule has 27 heavy (non-hydrogen) atoms. The number of likely N-dealkylation sites (N-methyl/N-ethyl adjacent to an activating group) is 1. The second-order valence-electron chi connectivity index (χ2n) is 6.34. The minimum atomic E-state index is -2.60. The number of hydrogen-bond acceptors (Lipinski definition) is 5. The van der Waals surface area contributed by atoms with Crippen molar-refractivity contribution in [1.82, 2.24) is 15.6 Å². The smallest absolute Gasteiger partial charge is 0.321 e. The highest BCUT2D eigenvalue weighted by molar-refractivity contribution is 7.98. The zero-order chi connectivity index (χ0) is 19.9. The maximum atomic E-state index is 12.9. The number of alkyl halides is 2. The van der Waals surface area contributed by atoms with E-state index in [2.05, 4.69) is 20.9 Å². The van der Waals surface area contributed by atoms with E-state index in [4.69, 9.17) is 4.74 Å². The van der Waals surface area contributed by atoms with E-state index in [0.29, 0.717) is 17.9 Å². The third-order valence-corrected chi connectivity index (χ3v) is 4.77. The van der Waals surface area contributed by atoms with Gasteiger partial charge in [0, 0.05) is 32.0 Å². The molecule has 1 aliphatic carbocycles. The molecule has 7 nitrogen and oxygen atoms in total. The first-order valence-corrected chi connectivity index (χ1v) is 9.97. The minimum absolute atomic E-state index is 0.131. The molecule has 1 aromatic rings. The summed E-state index contributed by atoms with van der Waals surface area (Å²) < 4.78 is 31.4. The third kappa shape index (κ3) is 6.53. The second-order valence-corrected chi connectivity index (χ2v) is 7.32. The van der Waals surface area contributed by atoms with Crippen molar-refractivity contribution >= 4 is 29.5 Å². The van der Waals surface area contributed by atoms with E-state index in [-0.39, 0.29) is 37.1 Å². The summed E-state index contributed by atoms with van der Waals surface area (Å²) in [7, 11) is 1.50. The van der Waals surface area contributed by atoms with Crippen molar-refractivity contribution in [1.29, 1.82) is 0 Å². The molecule has 10 heteroatoms. The number of ether oxygens (including phenoxy) is 1. The Balaban J connectivity index is 1.91. The van der Waals surface area contributed by atoms with Crippen molar-refractivity contribution in [2.75, 3.05) is 31.0 Å². The highest BCUT2D eigenvalue weighted by atomic mass is 32.2. The van der Waals surface area contributed by atoms with Gasteiger partial charge >= 0.3 is 6.03 Å². The Labute approximate surface area is 161 Å². The second kappa shape index (κ2) is 9.72. The van der Waals surface area contributed by atoms with Gasteiger partial charge in [0.05, 0.1) is 6.61 Å². The predicted octanol–water partition coefficient (Wildman–Crippen LogP) is 2.49.